The van der Waals surface area contributed by atoms with E-state index in [0.29, 0.717) is 5.56 Å². The lowest BCUT2D eigenvalue weighted by atomic mass is 9.84. The summed E-state index contributed by atoms with van der Waals surface area (Å²) in [6, 6.07) is 6.30. The number of aliphatic carboxylic acids is 1. The SMILES string of the molecule is CC(C)(C)C(OC(=O)CC(=O)O)c1ccc(O)cc1. The maximum atomic E-state index is 11.5. The molecule has 5 heteroatoms. The minimum absolute atomic E-state index is 0.119. The molecule has 0 saturated heterocycles. The number of hydrogen-bond acceptors (Lipinski definition) is 4. The molecule has 0 spiro atoms. The molecule has 0 aromatic heterocycles. The van der Waals surface area contributed by atoms with E-state index in [0.717, 1.165) is 0 Å². The highest BCUT2D eigenvalue weighted by atomic mass is 16.5. The predicted octanol–water partition coefficient (Wildman–Crippen LogP) is 2.50. The maximum Gasteiger partial charge on any atom is 0.317 e. The summed E-state index contributed by atoms with van der Waals surface area (Å²) >= 11 is 0. The Labute approximate surface area is 111 Å². The number of aromatic hydroxyl groups is 1. The first-order chi connectivity index (χ1) is 8.70. The van der Waals surface area contributed by atoms with Gasteiger partial charge < -0.3 is 14.9 Å². The van der Waals surface area contributed by atoms with Crippen molar-refractivity contribution in [1.82, 2.24) is 0 Å². The molecule has 5 nitrogen and oxygen atoms in total. The average Bonchev–Trinajstić information content (AvgIpc) is 2.25. The van der Waals surface area contributed by atoms with E-state index in [2.05, 4.69) is 0 Å². The van der Waals surface area contributed by atoms with Gasteiger partial charge in [0, 0.05) is 5.41 Å². The smallest absolute Gasteiger partial charge is 0.317 e. The molecule has 0 saturated carbocycles. The van der Waals surface area contributed by atoms with Gasteiger partial charge in [-0.1, -0.05) is 32.9 Å². The summed E-state index contributed by atoms with van der Waals surface area (Å²) < 4.78 is 5.25. The molecule has 0 radical (unpaired) electrons. The molecule has 0 aliphatic heterocycles. The lowest BCUT2D eigenvalue weighted by Gasteiger charge is -2.30. The van der Waals surface area contributed by atoms with Crippen LogP contribution in [0.25, 0.3) is 0 Å². The van der Waals surface area contributed by atoms with Crippen LogP contribution < -0.4 is 0 Å². The van der Waals surface area contributed by atoms with Gasteiger partial charge in [-0.15, -0.1) is 0 Å². The number of phenolic OH excluding ortho intramolecular Hbond substituents is 1. The standard InChI is InChI=1S/C14H18O5/c1-14(2,3)13(19-12(18)8-11(16)17)9-4-6-10(15)7-5-9/h4-7,13,15H,8H2,1-3H3,(H,16,17). The van der Waals surface area contributed by atoms with Crippen LogP contribution in [0.3, 0.4) is 0 Å². The fourth-order valence-corrected chi connectivity index (χ4v) is 1.69. The highest BCUT2D eigenvalue weighted by molar-refractivity contribution is 5.90. The van der Waals surface area contributed by atoms with Crippen molar-refractivity contribution in [2.45, 2.75) is 33.3 Å². The molecule has 0 amide bonds. The molecule has 0 heterocycles. The molecule has 0 bridgehead atoms. The Morgan fingerprint density at radius 1 is 1.21 bits per heavy atom. The van der Waals surface area contributed by atoms with E-state index in [4.69, 9.17) is 9.84 Å². The Bertz CT molecular complexity index is 456. The van der Waals surface area contributed by atoms with Crippen molar-refractivity contribution in [3.63, 3.8) is 0 Å². The number of esters is 1. The Morgan fingerprint density at radius 2 is 1.74 bits per heavy atom. The Balaban J connectivity index is 2.93. The molecular formula is C14H18O5. The minimum atomic E-state index is -1.22. The Kier molecular flexibility index (Phi) is 4.53. The lowest BCUT2D eigenvalue weighted by molar-refractivity contribution is -0.160. The number of phenols is 1. The fraction of sp³-hybridized carbons (Fsp3) is 0.429. The first-order valence-corrected chi connectivity index (χ1v) is 5.90. The van der Waals surface area contributed by atoms with Gasteiger partial charge in [-0.25, -0.2) is 0 Å². The second-order valence-electron chi connectivity index (χ2n) is 5.40. The molecule has 0 aliphatic carbocycles. The molecule has 1 unspecified atom stereocenters. The number of carboxylic acids is 1. The summed E-state index contributed by atoms with van der Waals surface area (Å²) in [5.41, 5.74) is 0.328. The van der Waals surface area contributed by atoms with E-state index in [1.165, 1.54) is 12.1 Å². The van der Waals surface area contributed by atoms with Crippen LogP contribution in [0.15, 0.2) is 24.3 Å². The Hall–Kier alpha value is -2.04. The summed E-state index contributed by atoms with van der Waals surface area (Å²) in [6.45, 7) is 5.66. The second-order valence-corrected chi connectivity index (χ2v) is 5.40. The first kappa shape index (κ1) is 15.0. The van der Waals surface area contributed by atoms with Gasteiger partial charge in [0.1, 0.15) is 18.3 Å². The van der Waals surface area contributed by atoms with Crippen LogP contribution in [0, 0.1) is 5.41 Å². The molecule has 1 aromatic rings. The summed E-state index contributed by atoms with van der Waals surface area (Å²) in [5.74, 6) is -1.88. The molecular weight excluding hydrogens is 248 g/mol. The largest absolute Gasteiger partial charge is 0.508 e. The normalized spacial score (nSPS) is 12.8. The first-order valence-electron chi connectivity index (χ1n) is 5.90. The topological polar surface area (TPSA) is 83.8 Å². The van der Waals surface area contributed by atoms with Gasteiger partial charge in [0.25, 0.3) is 0 Å². The van der Waals surface area contributed by atoms with Gasteiger partial charge >= 0.3 is 11.9 Å². The molecule has 1 rings (SSSR count). The van der Waals surface area contributed by atoms with Gasteiger partial charge in [-0.2, -0.15) is 0 Å². The highest BCUT2D eigenvalue weighted by Crippen LogP contribution is 2.36. The third-order valence-corrected chi connectivity index (χ3v) is 2.53. The van der Waals surface area contributed by atoms with Gasteiger partial charge in [0.2, 0.25) is 0 Å². The second kappa shape index (κ2) is 5.73. The van der Waals surface area contributed by atoms with Crippen LogP contribution in [-0.4, -0.2) is 22.2 Å². The molecule has 1 atom stereocenters. The van der Waals surface area contributed by atoms with Crippen LogP contribution in [-0.2, 0) is 14.3 Å². The molecule has 2 N–H and O–H groups in total. The third kappa shape index (κ3) is 4.62. The van der Waals surface area contributed by atoms with Crippen molar-refractivity contribution in [1.29, 1.82) is 0 Å². The van der Waals surface area contributed by atoms with E-state index in [1.54, 1.807) is 12.1 Å². The monoisotopic (exact) mass is 266 g/mol. The minimum Gasteiger partial charge on any atom is -0.508 e. The third-order valence-electron chi connectivity index (χ3n) is 2.53. The summed E-state index contributed by atoms with van der Waals surface area (Å²) in [4.78, 5) is 22.0. The van der Waals surface area contributed by atoms with E-state index < -0.39 is 24.5 Å². The summed E-state index contributed by atoms with van der Waals surface area (Å²) in [6.07, 6.45) is -1.23. The van der Waals surface area contributed by atoms with Crippen LogP contribution in [0.4, 0.5) is 0 Å². The number of ether oxygens (including phenoxy) is 1. The number of hydrogen-bond donors (Lipinski definition) is 2. The van der Waals surface area contributed by atoms with Crippen molar-refractivity contribution in [2.75, 3.05) is 0 Å². The number of carbonyl (C=O) groups excluding carboxylic acids is 1. The highest BCUT2D eigenvalue weighted by Gasteiger charge is 2.30. The van der Waals surface area contributed by atoms with E-state index in [9.17, 15) is 14.7 Å². The van der Waals surface area contributed by atoms with Crippen LogP contribution in [0.2, 0.25) is 0 Å². The van der Waals surface area contributed by atoms with Crippen LogP contribution >= 0.6 is 0 Å². The van der Waals surface area contributed by atoms with Crippen molar-refractivity contribution < 1.29 is 24.5 Å². The number of rotatable bonds is 4. The van der Waals surface area contributed by atoms with Gasteiger partial charge in [0.15, 0.2) is 0 Å². The van der Waals surface area contributed by atoms with Gasteiger partial charge in [-0.3, -0.25) is 9.59 Å². The number of benzene rings is 1. The zero-order valence-electron chi connectivity index (χ0n) is 11.2. The van der Waals surface area contributed by atoms with Gasteiger partial charge in [0.05, 0.1) is 0 Å². The Morgan fingerprint density at radius 3 is 2.16 bits per heavy atom. The van der Waals surface area contributed by atoms with E-state index in [-0.39, 0.29) is 11.2 Å². The number of carboxylic acid groups (broad SMARTS) is 1. The zero-order valence-corrected chi connectivity index (χ0v) is 11.2. The fourth-order valence-electron chi connectivity index (χ4n) is 1.69. The van der Waals surface area contributed by atoms with Crippen molar-refractivity contribution in [3.8, 4) is 5.75 Å². The molecule has 0 aliphatic rings. The molecule has 1 aromatic carbocycles. The quantitative estimate of drug-likeness (QED) is 0.646. The molecule has 19 heavy (non-hydrogen) atoms. The van der Waals surface area contributed by atoms with Crippen LogP contribution in [0.5, 0.6) is 5.75 Å². The van der Waals surface area contributed by atoms with Crippen molar-refractivity contribution >= 4 is 11.9 Å². The summed E-state index contributed by atoms with van der Waals surface area (Å²) in [7, 11) is 0. The van der Waals surface area contributed by atoms with Gasteiger partial charge in [-0.05, 0) is 17.7 Å². The predicted molar refractivity (Wildman–Crippen MR) is 68.6 cm³/mol. The zero-order chi connectivity index (χ0) is 14.6. The molecule has 0 fully saturated rings. The van der Waals surface area contributed by atoms with Crippen molar-refractivity contribution in [3.05, 3.63) is 29.8 Å². The lowest BCUT2D eigenvalue weighted by Crippen LogP contribution is -2.25. The molecule has 104 valence electrons. The maximum absolute atomic E-state index is 11.5. The average molecular weight is 266 g/mol. The van der Waals surface area contributed by atoms with Crippen molar-refractivity contribution in [2.24, 2.45) is 5.41 Å². The van der Waals surface area contributed by atoms with Crippen LogP contribution in [0.1, 0.15) is 38.9 Å². The van der Waals surface area contributed by atoms with E-state index in [1.807, 2.05) is 20.8 Å². The summed E-state index contributed by atoms with van der Waals surface area (Å²) in [5, 5.41) is 17.8. The van der Waals surface area contributed by atoms with E-state index >= 15 is 0 Å². The number of carbonyl (C=O) groups is 2.